The van der Waals surface area contributed by atoms with E-state index >= 15 is 0 Å². The Kier molecular flexibility index (Phi) is 4.21. The van der Waals surface area contributed by atoms with Gasteiger partial charge in [0.05, 0.1) is 6.67 Å². The average Bonchev–Trinajstić information content (AvgIpc) is 2.07. The summed E-state index contributed by atoms with van der Waals surface area (Å²) in [4.78, 5) is 0. The minimum absolute atomic E-state index is 0.199. The van der Waals surface area contributed by atoms with Crippen LogP contribution in [0.3, 0.4) is 0 Å². The summed E-state index contributed by atoms with van der Waals surface area (Å²) in [6.07, 6.45) is 8.58. The minimum Gasteiger partial charge on any atom is -0.314 e. The highest BCUT2D eigenvalue weighted by Gasteiger charge is 2.07. The van der Waals surface area contributed by atoms with Crippen molar-refractivity contribution >= 4 is 0 Å². The molecule has 1 aliphatic rings. The molecule has 1 N–H and O–H groups in total. The molecule has 0 heterocycles. The highest BCUT2D eigenvalue weighted by molar-refractivity contribution is 4.92. The quantitative estimate of drug-likeness (QED) is 0.486. The smallest absolute Gasteiger partial charge is 0.0906 e. The van der Waals surface area contributed by atoms with E-state index in [-0.39, 0.29) is 6.67 Å². The van der Waals surface area contributed by atoms with E-state index in [1.54, 1.807) is 0 Å². The van der Waals surface area contributed by atoms with Crippen LogP contribution in [0.15, 0.2) is 12.2 Å². The van der Waals surface area contributed by atoms with Gasteiger partial charge in [-0.3, -0.25) is 4.39 Å². The van der Waals surface area contributed by atoms with Crippen LogP contribution in [0.5, 0.6) is 0 Å². The fourth-order valence-electron chi connectivity index (χ4n) is 1.35. The lowest BCUT2D eigenvalue weighted by molar-refractivity contribution is 0.422. The maximum atomic E-state index is 11.7. The van der Waals surface area contributed by atoms with Crippen LogP contribution >= 0.6 is 0 Å². The van der Waals surface area contributed by atoms with Crippen LogP contribution < -0.4 is 5.32 Å². The zero-order valence-electron chi connectivity index (χ0n) is 6.85. The Hall–Kier alpha value is -0.370. The lowest BCUT2D eigenvalue weighted by atomic mass is 10.0. The lowest BCUT2D eigenvalue weighted by Crippen LogP contribution is -2.30. The minimum atomic E-state index is -0.199. The molecular formula is C9H16FN. The summed E-state index contributed by atoms with van der Waals surface area (Å²) >= 11 is 0. The van der Waals surface area contributed by atoms with Crippen LogP contribution in [0, 0.1) is 0 Å². The number of allylic oxidation sites excluding steroid dienone is 1. The highest BCUT2D eigenvalue weighted by Crippen LogP contribution is 2.09. The Balaban J connectivity index is 2.02. The van der Waals surface area contributed by atoms with Crippen molar-refractivity contribution in [1.29, 1.82) is 0 Å². The van der Waals surface area contributed by atoms with E-state index in [1.165, 1.54) is 12.8 Å². The SMILES string of the molecule is FCCCNC1CC=CCC1. The molecule has 1 aliphatic carbocycles. The average molecular weight is 157 g/mol. The summed E-state index contributed by atoms with van der Waals surface area (Å²) in [6, 6.07) is 0.603. The van der Waals surface area contributed by atoms with Gasteiger partial charge in [-0.05, 0) is 32.2 Å². The van der Waals surface area contributed by atoms with Gasteiger partial charge < -0.3 is 5.32 Å². The van der Waals surface area contributed by atoms with Gasteiger partial charge in [0.1, 0.15) is 0 Å². The van der Waals surface area contributed by atoms with Crippen molar-refractivity contribution in [1.82, 2.24) is 5.32 Å². The fraction of sp³-hybridized carbons (Fsp3) is 0.778. The van der Waals surface area contributed by atoms with Crippen LogP contribution in [0.2, 0.25) is 0 Å². The molecule has 1 nitrogen and oxygen atoms in total. The van der Waals surface area contributed by atoms with Gasteiger partial charge in [-0.25, -0.2) is 0 Å². The Bertz CT molecular complexity index is 123. The van der Waals surface area contributed by atoms with E-state index in [2.05, 4.69) is 17.5 Å². The van der Waals surface area contributed by atoms with Crippen LogP contribution in [0.1, 0.15) is 25.7 Å². The second-order valence-corrected chi connectivity index (χ2v) is 2.98. The molecule has 0 saturated heterocycles. The van der Waals surface area contributed by atoms with Gasteiger partial charge in [-0.1, -0.05) is 12.2 Å². The molecule has 0 aromatic carbocycles. The van der Waals surface area contributed by atoms with Gasteiger partial charge in [-0.2, -0.15) is 0 Å². The second-order valence-electron chi connectivity index (χ2n) is 2.98. The van der Waals surface area contributed by atoms with Crippen LogP contribution in [-0.4, -0.2) is 19.3 Å². The van der Waals surface area contributed by atoms with E-state index in [0.29, 0.717) is 12.5 Å². The molecule has 1 rings (SSSR count). The second kappa shape index (κ2) is 5.30. The molecule has 0 amide bonds. The fourth-order valence-corrected chi connectivity index (χ4v) is 1.35. The van der Waals surface area contributed by atoms with Crippen molar-refractivity contribution in [2.75, 3.05) is 13.2 Å². The Morgan fingerprint density at radius 3 is 3.00 bits per heavy atom. The number of nitrogens with one attached hydrogen (secondary N) is 1. The topological polar surface area (TPSA) is 12.0 Å². The molecule has 1 atom stereocenters. The Morgan fingerprint density at radius 2 is 2.36 bits per heavy atom. The molecule has 0 aromatic rings. The number of hydrogen-bond donors (Lipinski definition) is 1. The van der Waals surface area contributed by atoms with Gasteiger partial charge in [-0.15, -0.1) is 0 Å². The van der Waals surface area contributed by atoms with E-state index in [9.17, 15) is 4.39 Å². The lowest BCUT2D eigenvalue weighted by Gasteiger charge is -2.18. The highest BCUT2D eigenvalue weighted by atomic mass is 19.1. The standard InChI is InChI=1S/C9H16FN/c10-7-4-8-11-9-5-2-1-3-6-9/h1-2,9,11H,3-8H2. The molecule has 64 valence electrons. The van der Waals surface area contributed by atoms with Crippen molar-refractivity contribution in [2.45, 2.75) is 31.7 Å². The predicted molar refractivity (Wildman–Crippen MR) is 45.4 cm³/mol. The van der Waals surface area contributed by atoms with Crippen molar-refractivity contribution in [2.24, 2.45) is 0 Å². The third-order valence-corrected chi connectivity index (χ3v) is 2.01. The Morgan fingerprint density at radius 1 is 1.45 bits per heavy atom. The Labute approximate surface area is 67.7 Å². The third-order valence-electron chi connectivity index (χ3n) is 2.01. The zero-order valence-corrected chi connectivity index (χ0v) is 6.85. The first-order chi connectivity index (χ1) is 5.43. The zero-order chi connectivity index (χ0) is 7.94. The molecule has 1 unspecified atom stereocenters. The summed E-state index contributed by atoms with van der Waals surface area (Å²) in [6.45, 7) is 0.630. The molecule has 0 fully saturated rings. The molecule has 0 saturated carbocycles. The van der Waals surface area contributed by atoms with Gasteiger partial charge in [0.2, 0.25) is 0 Å². The van der Waals surface area contributed by atoms with Crippen molar-refractivity contribution in [3.8, 4) is 0 Å². The van der Waals surface area contributed by atoms with E-state index < -0.39 is 0 Å². The van der Waals surface area contributed by atoms with Crippen LogP contribution in [0.25, 0.3) is 0 Å². The molecule has 0 spiro atoms. The maximum absolute atomic E-state index is 11.7. The predicted octanol–water partition coefficient (Wildman–Crippen LogP) is 2.04. The normalized spacial score (nSPS) is 23.9. The molecule has 11 heavy (non-hydrogen) atoms. The van der Waals surface area contributed by atoms with E-state index in [0.717, 1.165) is 13.0 Å². The molecule has 0 aromatic heterocycles. The molecular weight excluding hydrogens is 141 g/mol. The third kappa shape index (κ3) is 3.51. The van der Waals surface area contributed by atoms with E-state index in [4.69, 9.17) is 0 Å². The summed E-state index contributed by atoms with van der Waals surface area (Å²) < 4.78 is 11.7. The molecule has 2 heteroatoms. The first-order valence-electron chi connectivity index (χ1n) is 4.38. The van der Waals surface area contributed by atoms with Crippen LogP contribution in [-0.2, 0) is 0 Å². The maximum Gasteiger partial charge on any atom is 0.0906 e. The van der Waals surface area contributed by atoms with Crippen molar-refractivity contribution in [3.63, 3.8) is 0 Å². The number of hydrogen-bond acceptors (Lipinski definition) is 1. The van der Waals surface area contributed by atoms with Gasteiger partial charge in [0, 0.05) is 6.04 Å². The summed E-state index contributed by atoms with van der Waals surface area (Å²) in [7, 11) is 0. The monoisotopic (exact) mass is 157 g/mol. The van der Waals surface area contributed by atoms with E-state index in [1.807, 2.05) is 0 Å². The summed E-state index contributed by atoms with van der Waals surface area (Å²) in [5, 5.41) is 3.33. The van der Waals surface area contributed by atoms with Gasteiger partial charge in [0.25, 0.3) is 0 Å². The first kappa shape index (κ1) is 8.72. The molecule has 0 bridgehead atoms. The number of rotatable bonds is 4. The van der Waals surface area contributed by atoms with Gasteiger partial charge in [0.15, 0.2) is 0 Å². The molecule has 0 radical (unpaired) electrons. The largest absolute Gasteiger partial charge is 0.314 e. The van der Waals surface area contributed by atoms with Crippen molar-refractivity contribution in [3.05, 3.63) is 12.2 Å². The van der Waals surface area contributed by atoms with Crippen LogP contribution in [0.4, 0.5) is 4.39 Å². The van der Waals surface area contributed by atoms with Crippen molar-refractivity contribution < 1.29 is 4.39 Å². The number of alkyl halides is 1. The van der Waals surface area contributed by atoms with Gasteiger partial charge >= 0.3 is 0 Å². The number of halogens is 1. The summed E-state index contributed by atoms with van der Waals surface area (Å²) in [5.41, 5.74) is 0. The first-order valence-corrected chi connectivity index (χ1v) is 4.38. The molecule has 0 aliphatic heterocycles. The summed E-state index contributed by atoms with van der Waals surface area (Å²) in [5.74, 6) is 0.